The van der Waals surface area contributed by atoms with E-state index in [1.165, 1.54) is 27.3 Å². The summed E-state index contributed by atoms with van der Waals surface area (Å²) >= 11 is 0. The number of aliphatic hydroxyl groups excluding tert-OH is 3. The Labute approximate surface area is 252 Å². The number of carbonyl (C=O) groups is 1. The van der Waals surface area contributed by atoms with Crippen LogP contribution in [-0.4, -0.2) is 96.1 Å². The third-order valence-electron chi connectivity index (χ3n) is 8.33. The average molecular weight is 612 g/mol. The molecule has 6 rings (SSSR count). The fraction of sp³-hybridized carbons (Fsp3) is 0.387. The van der Waals surface area contributed by atoms with Crippen molar-refractivity contribution < 1.29 is 58.7 Å². The van der Waals surface area contributed by atoms with Gasteiger partial charge in [0, 0.05) is 23.7 Å². The first-order valence-corrected chi connectivity index (χ1v) is 13.9. The van der Waals surface area contributed by atoms with Gasteiger partial charge in [-0.25, -0.2) is 4.79 Å². The number of benzene rings is 3. The van der Waals surface area contributed by atoms with Crippen LogP contribution in [0.25, 0.3) is 11.1 Å². The number of carboxylic acid groups (broad SMARTS) is 1. The van der Waals surface area contributed by atoms with Gasteiger partial charge in [0.2, 0.25) is 17.6 Å². The lowest BCUT2D eigenvalue weighted by molar-refractivity contribution is -0.305. The standard InChI is InChI=1S/C31H33NO12/c1-32-13-31(30(37)38)28(36)23(34)24(35)29(44-31)42-16-10-18(14-5-4-6-15(33)9-14)22-21(11-16)41-12-19-17-7-8-20(39-2)27(40-3)26(17)43-25(19)22/h4-11,19,23-25,28-29,32-36H,12-13H2,1-3H3,(H,37,38)/t19-,23+,24+,25+,28-,29+,31-/m0/s1. The molecule has 6 N–H and O–H groups in total. The molecule has 3 aliphatic heterocycles. The average Bonchev–Trinajstić information content (AvgIpc) is 3.40. The van der Waals surface area contributed by atoms with Crippen LogP contribution >= 0.6 is 0 Å². The van der Waals surface area contributed by atoms with Crippen molar-refractivity contribution in [3.63, 3.8) is 0 Å². The number of likely N-dealkylation sites (N-methyl/N-ethyl adjacent to an activating group) is 1. The van der Waals surface area contributed by atoms with Crippen molar-refractivity contribution in [3.8, 4) is 45.6 Å². The van der Waals surface area contributed by atoms with E-state index in [0.29, 0.717) is 39.7 Å². The van der Waals surface area contributed by atoms with Crippen LogP contribution in [0.3, 0.4) is 0 Å². The Morgan fingerprint density at radius 2 is 1.86 bits per heavy atom. The van der Waals surface area contributed by atoms with Crippen molar-refractivity contribution in [1.29, 1.82) is 0 Å². The van der Waals surface area contributed by atoms with Gasteiger partial charge in [0.15, 0.2) is 11.5 Å². The third-order valence-corrected chi connectivity index (χ3v) is 8.33. The second kappa shape index (κ2) is 11.3. The van der Waals surface area contributed by atoms with Crippen LogP contribution in [0, 0.1) is 0 Å². The second-order valence-electron chi connectivity index (χ2n) is 10.9. The molecule has 1 fully saturated rings. The minimum absolute atomic E-state index is 0.0133. The van der Waals surface area contributed by atoms with Crippen molar-refractivity contribution in [2.45, 2.75) is 42.2 Å². The van der Waals surface area contributed by atoms with Gasteiger partial charge in [0.05, 0.1) is 26.7 Å². The van der Waals surface area contributed by atoms with Gasteiger partial charge in [-0.3, -0.25) is 0 Å². The molecule has 0 bridgehead atoms. The number of rotatable bonds is 8. The Morgan fingerprint density at radius 3 is 2.55 bits per heavy atom. The molecule has 0 saturated carbocycles. The minimum atomic E-state index is -2.31. The highest BCUT2D eigenvalue weighted by Crippen LogP contribution is 2.58. The number of phenols is 1. The number of methoxy groups -OCH3 is 2. The van der Waals surface area contributed by atoms with Gasteiger partial charge >= 0.3 is 5.97 Å². The Kier molecular flexibility index (Phi) is 7.68. The second-order valence-corrected chi connectivity index (χ2v) is 10.9. The number of fused-ring (bicyclic) bond motifs is 5. The Hall–Kier alpha value is -4.27. The van der Waals surface area contributed by atoms with E-state index in [1.54, 1.807) is 36.4 Å². The number of ether oxygens (including phenoxy) is 6. The van der Waals surface area contributed by atoms with Crippen molar-refractivity contribution in [1.82, 2.24) is 5.32 Å². The van der Waals surface area contributed by atoms with E-state index in [1.807, 2.05) is 6.07 Å². The van der Waals surface area contributed by atoms with Crippen LogP contribution in [0.5, 0.6) is 34.5 Å². The molecule has 13 nitrogen and oxygen atoms in total. The number of carboxylic acids is 1. The zero-order chi connectivity index (χ0) is 31.3. The minimum Gasteiger partial charge on any atom is -0.508 e. The van der Waals surface area contributed by atoms with Crippen LogP contribution < -0.4 is 29.0 Å². The molecule has 0 spiro atoms. The summed E-state index contributed by atoms with van der Waals surface area (Å²) in [5, 5.41) is 54.8. The highest BCUT2D eigenvalue weighted by atomic mass is 16.7. The molecule has 1 saturated heterocycles. The van der Waals surface area contributed by atoms with Crippen LogP contribution in [0.4, 0.5) is 0 Å². The number of hydrogen-bond acceptors (Lipinski definition) is 12. The van der Waals surface area contributed by atoms with E-state index in [4.69, 9.17) is 28.4 Å². The lowest BCUT2D eigenvalue weighted by Crippen LogP contribution is -2.71. The lowest BCUT2D eigenvalue weighted by atomic mass is 9.85. The van der Waals surface area contributed by atoms with E-state index in [9.17, 15) is 30.3 Å². The van der Waals surface area contributed by atoms with Crippen LogP contribution in [0.2, 0.25) is 0 Å². The van der Waals surface area contributed by atoms with Gasteiger partial charge in [0.25, 0.3) is 0 Å². The predicted molar refractivity (Wildman–Crippen MR) is 153 cm³/mol. The predicted octanol–water partition coefficient (Wildman–Crippen LogP) is 1.55. The molecule has 13 heteroatoms. The molecule has 0 aromatic heterocycles. The summed E-state index contributed by atoms with van der Waals surface area (Å²) in [5.41, 5.74) is 0.379. The highest BCUT2D eigenvalue weighted by molar-refractivity contribution is 5.79. The number of phenolic OH excluding ortho intramolecular Hbond substituents is 1. The molecule has 0 unspecified atom stereocenters. The molecule has 44 heavy (non-hydrogen) atoms. The number of aromatic hydroxyl groups is 1. The molecular formula is C31H33NO12. The molecule has 3 heterocycles. The van der Waals surface area contributed by atoms with Gasteiger partial charge in [0.1, 0.15) is 41.7 Å². The first kappa shape index (κ1) is 29.8. The molecular weight excluding hydrogens is 578 g/mol. The van der Waals surface area contributed by atoms with Gasteiger partial charge in [-0.1, -0.05) is 18.2 Å². The zero-order valence-electron chi connectivity index (χ0n) is 24.1. The van der Waals surface area contributed by atoms with Crippen LogP contribution in [0.15, 0.2) is 48.5 Å². The molecule has 0 amide bonds. The molecule has 3 aromatic rings. The Balaban J connectivity index is 1.43. The zero-order valence-corrected chi connectivity index (χ0v) is 24.1. The molecule has 7 atom stereocenters. The number of nitrogens with one attached hydrogen (secondary N) is 1. The summed E-state index contributed by atoms with van der Waals surface area (Å²) in [6.45, 7) is -0.148. The topological polar surface area (TPSA) is 186 Å². The van der Waals surface area contributed by atoms with Crippen molar-refractivity contribution >= 4 is 5.97 Å². The number of aliphatic hydroxyl groups is 3. The molecule has 234 valence electrons. The van der Waals surface area contributed by atoms with E-state index in [0.717, 1.165) is 5.56 Å². The van der Waals surface area contributed by atoms with Gasteiger partial charge in [-0.2, -0.15) is 0 Å². The molecule has 0 aliphatic carbocycles. The summed E-state index contributed by atoms with van der Waals surface area (Å²) in [5.74, 6) is 0.227. The highest BCUT2D eigenvalue weighted by Gasteiger charge is 2.59. The fourth-order valence-corrected chi connectivity index (χ4v) is 6.17. The quantitative estimate of drug-likeness (QED) is 0.216. The van der Waals surface area contributed by atoms with Gasteiger partial charge < -0.3 is 59.3 Å². The van der Waals surface area contributed by atoms with Crippen molar-refractivity contribution in [2.24, 2.45) is 0 Å². The summed E-state index contributed by atoms with van der Waals surface area (Å²) in [7, 11) is 4.53. The summed E-state index contributed by atoms with van der Waals surface area (Å²) < 4.78 is 35.5. The third kappa shape index (κ3) is 4.64. The normalized spacial score (nSPS) is 28.5. The summed E-state index contributed by atoms with van der Waals surface area (Å²) in [6, 6.07) is 13.4. The van der Waals surface area contributed by atoms with Crippen LogP contribution in [-0.2, 0) is 9.53 Å². The van der Waals surface area contributed by atoms with E-state index in [2.05, 4.69) is 5.32 Å². The Bertz CT molecular complexity index is 1580. The fourth-order valence-electron chi connectivity index (χ4n) is 6.17. The number of hydrogen-bond donors (Lipinski definition) is 6. The monoisotopic (exact) mass is 611 g/mol. The van der Waals surface area contributed by atoms with E-state index >= 15 is 0 Å². The summed E-state index contributed by atoms with van der Waals surface area (Å²) in [4.78, 5) is 12.2. The van der Waals surface area contributed by atoms with Crippen molar-refractivity contribution in [3.05, 3.63) is 59.7 Å². The van der Waals surface area contributed by atoms with Crippen LogP contribution in [0.1, 0.15) is 23.1 Å². The van der Waals surface area contributed by atoms with Gasteiger partial charge in [-0.05, 0) is 42.4 Å². The maximum absolute atomic E-state index is 12.2. The first-order chi connectivity index (χ1) is 21.1. The SMILES string of the molecule is CNC[C@]1(C(=O)O)O[C@@H](Oc2cc3c(c(-c4cccc(O)c4)c2)[C@@H]2Oc4c(ccc(OC)c4OC)[C@@H]2CO3)[C@H](O)[C@@H](O)[C@@H]1O. The smallest absolute Gasteiger partial charge is 0.340 e. The maximum Gasteiger partial charge on any atom is 0.340 e. The molecule has 0 radical (unpaired) electrons. The van der Waals surface area contributed by atoms with Gasteiger partial charge in [-0.15, -0.1) is 0 Å². The van der Waals surface area contributed by atoms with E-state index < -0.39 is 42.3 Å². The lowest BCUT2D eigenvalue weighted by Gasteiger charge is -2.45. The molecule has 3 aliphatic rings. The Morgan fingerprint density at radius 1 is 1.07 bits per heavy atom. The first-order valence-electron chi connectivity index (χ1n) is 13.9. The maximum atomic E-state index is 12.2. The summed E-state index contributed by atoms with van der Waals surface area (Å²) in [6.07, 6.45) is -7.85. The van der Waals surface area contributed by atoms with Crippen molar-refractivity contribution in [2.75, 3.05) is 34.4 Å². The van der Waals surface area contributed by atoms with E-state index in [-0.39, 0.29) is 30.6 Å². The molecule has 3 aromatic carbocycles. The number of aliphatic carboxylic acids is 1. The largest absolute Gasteiger partial charge is 0.508 e.